The highest BCUT2D eigenvalue weighted by Gasteiger charge is 2.30. The highest BCUT2D eigenvalue weighted by Crippen LogP contribution is 2.20. The van der Waals surface area contributed by atoms with Gasteiger partial charge in [-0.25, -0.2) is 0 Å². The van der Waals surface area contributed by atoms with Gasteiger partial charge in [-0.2, -0.15) is 0 Å². The van der Waals surface area contributed by atoms with Crippen LogP contribution in [-0.4, -0.2) is 20.3 Å². The van der Waals surface area contributed by atoms with Crippen molar-refractivity contribution in [1.29, 1.82) is 0 Å². The van der Waals surface area contributed by atoms with Gasteiger partial charge in [0.15, 0.2) is 0 Å². The molecule has 0 aromatic carbocycles. The Morgan fingerprint density at radius 3 is 2.07 bits per heavy atom. The maximum Gasteiger partial charge on any atom is 0.310 e. The van der Waals surface area contributed by atoms with Crippen LogP contribution in [-0.2, 0) is 9.53 Å². The number of carbonyl (C=O) groups excluding carboxylic acids is 1. The molecule has 0 amide bonds. The van der Waals surface area contributed by atoms with Crippen LogP contribution in [0.3, 0.4) is 0 Å². The molecule has 0 N–H and O–H groups in total. The third kappa shape index (κ3) is 4.20. The van der Waals surface area contributed by atoms with E-state index in [0.29, 0.717) is 6.23 Å². The van der Waals surface area contributed by atoms with Crippen LogP contribution in [0.2, 0.25) is 12.1 Å². The molecule has 0 aliphatic rings. The molecule has 0 spiro atoms. The largest absolute Gasteiger partial charge is 0.469 e. The van der Waals surface area contributed by atoms with E-state index in [1.165, 1.54) is 0 Å². The maximum absolute atomic E-state index is 11.6. The predicted molar refractivity (Wildman–Crippen MR) is 67.3 cm³/mol. The van der Waals surface area contributed by atoms with Crippen molar-refractivity contribution in [3.63, 3.8) is 0 Å². The van der Waals surface area contributed by atoms with Crippen LogP contribution in [0.25, 0.3) is 0 Å². The summed E-state index contributed by atoms with van der Waals surface area (Å²) in [5, 5.41) is 0. The third-order valence-corrected chi connectivity index (χ3v) is 7.35. The van der Waals surface area contributed by atoms with Gasteiger partial charge in [0.25, 0.3) is 0 Å². The molecular formula is C12H24O2Si. The van der Waals surface area contributed by atoms with Gasteiger partial charge >= 0.3 is 5.97 Å². The zero-order valence-corrected chi connectivity index (χ0v) is 11.7. The molecule has 0 saturated heterocycles. The van der Waals surface area contributed by atoms with Gasteiger partial charge in [-0.15, -0.1) is 6.58 Å². The van der Waals surface area contributed by atoms with Crippen molar-refractivity contribution in [3.05, 3.63) is 12.3 Å². The highest BCUT2D eigenvalue weighted by molar-refractivity contribution is 6.84. The molecule has 0 aliphatic heterocycles. The monoisotopic (exact) mass is 228 g/mol. The van der Waals surface area contributed by atoms with Crippen LogP contribution in [0.4, 0.5) is 0 Å². The number of ether oxygens (including phenoxy) is 1. The first-order valence-electron chi connectivity index (χ1n) is 5.62. The number of carbonyl (C=O) groups is 1. The van der Waals surface area contributed by atoms with Gasteiger partial charge in [0.2, 0.25) is 0 Å². The lowest BCUT2D eigenvalue weighted by Gasteiger charge is -2.26. The Bertz CT molecular complexity index is 224. The van der Waals surface area contributed by atoms with Gasteiger partial charge in [-0.3, -0.25) is 4.79 Å². The molecule has 0 fully saturated rings. The van der Waals surface area contributed by atoms with Crippen molar-refractivity contribution >= 4 is 14.0 Å². The van der Waals surface area contributed by atoms with E-state index in [0.717, 1.165) is 12.1 Å². The lowest BCUT2D eigenvalue weighted by atomic mass is 9.98. The Balaban J connectivity index is 4.36. The lowest BCUT2D eigenvalue weighted by Crippen LogP contribution is -2.39. The molecule has 0 heterocycles. The zero-order valence-electron chi connectivity index (χ0n) is 10.7. The van der Waals surface area contributed by atoms with E-state index in [4.69, 9.17) is 4.74 Å². The molecule has 15 heavy (non-hydrogen) atoms. The van der Waals surface area contributed by atoms with Crippen molar-refractivity contribution in [3.8, 4) is 0 Å². The summed E-state index contributed by atoms with van der Waals surface area (Å²) < 4.78 is 5.40. The summed E-state index contributed by atoms with van der Waals surface area (Å²) in [7, 11) is -1.54. The van der Waals surface area contributed by atoms with Gasteiger partial charge in [-0.1, -0.05) is 31.6 Å². The fourth-order valence-corrected chi connectivity index (χ4v) is 3.25. The van der Waals surface area contributed by atoms with Gasteiger partial charge < -0.3 is 4.74 Å². The van der Waals surface area contributed by atoms with E-state index in [1.807, 2.05) is 26.5 Å². The predicted octanol–water partition coefficient (Wildman–Crippen LogP) is 3.33. The second-order valence-corrected chi connectivity index (χ2v) is 9.94. The summed E-state index contributed by atoms with van der Waals surface area (Å²) in [4.78, 5) is 11.6. The Hall–Kier alpha value is -0.573. The van der Waals surface area contributed by atoms with Gasteiger partial charge in [-0.05, 0) is 20.8 Å². The van der Waals surface area contributed by atoms with Crippen molar-refractivity contribution < 1.29 is 9.53 Å². The van der Waals surface area contributed by atoms with Crippen molar-refractivity contribution in [2.45, 2.75) is 46.7 Å². The van der Waals surface area contributed by atoms with Crippen LogP contribution in [0.15, 0.2) is 12.3 Å². The first-order chi connectivity index (χ1) is 6.81. The number of esters is 1. The molecule has 0 aliphatic carbocycles. The zero-order chi connectivity index (χ0) is 12.1. The quantitative estimate of drug-likeness (QED) is 0.533. The molecule has 2 nitrogen and oxygen atoms in total. The van der Waals surface area contributed by atoms with E-state index < -0.39 is 13.5 Å². The maximum atomic E-state index is 11.6. The Morgan fingerprint density at radius 1 is 1.33 bits per heavy atom. The molecule has 88 valence electrons. The fourth-order valence-electron chi connectivity index (χ4n) is 1.23. The summed E-state index contributed by atoms with van der Waals surface area (Å²) >= 11 is 0. The summed E-state index contributed by atoms with van der Waals surface area (Å²) in [6, 6.07) is 2.18. The van der Waals surface area contributed by atoms with Crippen LogP contribution < -0.4 is 0 Å². The summed E-state index contributed by atoms with van der Waals surface area (Å²) in [5.74, 6) is -0.108. The van der Waals surface area contributed by atoms with E-state index in [2.05, 4.69) is 20.4 Å². The summed E-state index contributed by atoms with van der Waals surface area (Å²) in [6.45, 7) is 13.8. The van der Waals surface area contributed by atoms with Crippen molar-refractivity contribution in [2.75, 3.05) is 6.23 Å². The summed E-state index contributed by atoms with van der Waals surface area (Å²) in [5.41, 5.74) is 1.64. The molecule has 0 unspecified atom stereocenters. The molecule has 0 saturated carbocycles. The minimum absolute atomic E-state index is 0.108. The Kier molecular flexibility index (Phi) is 5.28. The van der Waals surface area contributed by atoms with E-state index in [9.17, 15) is 4.79 Å². The van der Waals surface area contributed by atoms with Gasteiger partial charge in [0.1, 0.15) is 8.07 Å². The number of hydrogen-bond donors (Lipinski definition) is 0. The lowest BCUT2D eigenvalue weighted by molar-refractivity contribution is -0.151. The topological polar surface area (TPSA) is 26.3 Å². The first-order valence-corrected chi connectivity index (χ1v) is 8.32. The molecule has 3 heteroatoms. The Labute approximate surface area is 94.7 Å². The van der Waals surface area contributed by atoms with Crippen LogP contribution in [0.5, 0.6) is 0 Å². The molecule has 0 aromatic heterocycles. The minimum atomic E-state index is -1.54. The van der Waals surface area contributed by atoms with Crippen LogP contribution >= 0.6 is 0 Å². The average Bonchev–Trinajstić information content (AvgIpc) is 2.19. The first kappa shape index (κ1) is 14.4. The molecule has 0 atom stereocenters. The van der Waals surface area contributed by atoms with E-state index >= 15 is 0 Å². The molecule has 0 radical (unpaired) electrons. The second-order valence-electron chi connectivity index (χ2n) is 5.10. The van der Waals surface area contributed by atoms with Crippen molar-refractivity contribution in [2.24, 2.45) is 5.41 Å². The van der Waals surface area contributed by atoms with Gasteiger partial charge in [0, 0.05) is 0 Å². The Morgan fingerprint density at radius 2 is 1.80 bits per heavy atom. The van der Waals surface area contributed by atoms with Crippen LogP contribution in [0.1, 0.15) is 34.6 Å². The molecule has 0 aromatic rings. The standard InChI is InChI=1S/C12H24O2Si/c1-7-15(8-2,9-3)10-14-11(13)12(4,5)6/h7H,1,8-10H2,2-6H3. The number of hydrogen-bond acceptors (Lipinski definition) is 2. The minimum Gasteiger partial charge on any atom is -0.469 e. The molecule has 0 bridgehead atoms. The fraction of sp³-hybridized carbons (Fsp3) is 0.750. The smallest absolute Gasteiger partial charge is 0.310 e. The number of rotatable bonds is 5. The summed E-state index contributed by atoms with van der Waals surface area (Å²) in [6.07, 6.45) is 0.583. The van der Waals surface area contributed by atoms with Crippen LogP contribution in [0, 0.1) is 5.41 Å². The second kappa shape index (κ2) is 5.49. The van der Waals surface area contributed by atoms with E-state index in [1.54, 1.807) is 0 Å². The molecule has 0 rings (SSSR count). The van der Waals surface area contributed by atoms with E-state index in [-0.39, 0.29) is 5.97 Å². The average molecular weight is 228 g/mol. The normalized spacial score (nSPS) is 12.3. The van der Waals surface area contributed by atoms with Gasteiger partial charge in [0.05, 0.1) is 11.6 Å². The third-order valence-electron chi connectivity index (χ3n) is 2.94. The van der Waals surface area contributed by atoms with Crippen molar-refractivity contribution in [1.82, 2.24) is 0 Å². The SMILES string of the molecule is C=C[Si](CC)(CC)COC(=O)C(C)(C)C. The highest BCUT2D eigenvalue weighted by atomic mass is 28.3. The molecular weight excluding hydrogens is 204 g/mol.